The van der Waals surface area contributed by atoms with Gasteiger partial charge in [0.25, 0.3) is 11.8 Å². The lowest BCUT2D eigenvalue weighted by Gasteiger charge is -2.29. The Morgan fingerprint density at radius 3 is 2.45 bits per heavy atom. The van der Waals surface area contributed by atoms with E-state index in [4.69, 9.17) is 4.74 Å². The Balaban J connectivity index is 1.82. The number of ether oxygens (including phenoxy) is 1. The molecule has 2 amide bonds. The maximum absolute atomic E-state index is 12.5. The molecular formula is C17H17NO4. The van der Waals surface area contributed by atoms with E-state index in [1.54, 1.807) is 31.2 Å². The number of esters is 1. The highest BCUT2D eigenvalue weighted by molar-refractivity contribution is 6.21. The van der Waals surface area contributed by atoms with Crippen molar-refractivity contribution in [1.29, 1.82) is 0 Å². The molecule has 0 aromatic heterocycles. The summed E-state index contributed by atoms with van der Waals surface area (Å²) < 4.78 is 5.05. The Hall–Kier alpha value is -2.43. The predicted molar refractivity (Wildman–Crippen MR) is 79.2 cm³/mol. The maximum atomic E-state index is 12.5. The van der Waals surface area contributed by atoms with E-state index < -0.39 is 6.04 Å². The van der Waals surface area contributed by atoms with Crippen LogP contribution in [0.1, 0.15) is 40.5 Å². The van der Waals surface area contributed by atoms with Crippen LogP contribution in [0.15, 0.2) is 36.4 Å². The molecule has 0 bridgehead atoms. The van der Waals surface area contributed by atoms with Crippen molar-refractivity contribution in [2.45, 2.75) is 25.8 Å². The lowest BCUT2D eigenvalue weighted by Crippen LogP contribution is -2.42. The first kappa shape index (κ1) is 14.5. The number of nitrogens with zero attached hydrogens (tertiary/aromatic N) is 1. The zero-order chi connectivity index (χ0) is 15.7. The van der Waals surface area contributed by atoms with Crippen LogP contribution >= 0.6 is 0 Å². The van der Waals surface area contributed by atoms with Crippen molar-refractivity contribution in [1.82, 2.24) is 4.90 Å². The maximum Gasteiger partial charge on any atom is 0.309 e. The van der Waals surface area contributed by atoms with Gasteiger partial charge in [-0.3, -0.25) is 19.3 Å². The molecule has 2 atom stereocenters. The standard InChI is InChI=1S/C17H17NO4/c1-2-22-17(21)11-6-5-7-12(10-11)18-15(19)13-8-3-4-9-14(13)16(18)20/h3-5,7-9,11-12H,2,6,10H2,1H3/t11-,12+/m0/s1. The molecule has 0 saturated carbocycles. The van der Waals surface area contributed by atoms with Crippen LogP contribution in [-0.4, -0.2) is 35.3 Å². The molecule has 1 heterocycles. The number of hydrogen-bond donors (Lipinski definition) is 0. The molecule has 1 aliphatic carbocycles. The predicted octanol–water partition coefficient (Wildman–Crippen LogP) is 2.18. The Labute approximate surface area is 128 Å². The van der Waals surface area contributed by atoms with E-state index in [9.17, 15) is 14.4 Å². The van der Waals surface area contributed by atoms with Gasteiger partial charge in [-0.2, -0.15) is 0 Å². The lowest BCUT2D eigenvalue weighted by molar-refractivity contribution is -0.148. The van der Waals surface area contributed by atoms with Gasteiger partial charge < -0.3 is 4.74 Å². The summed E-state index contributed by atoms with van der Waals surface area (Å²) in [6.45, 7) is 2.09. The van der Waals surface area contributed by atoms with Crippen LogP contribution in [0.25, 0.3) is 0 Å². The van der Waals surface area contributed by atoms with E-state index in [0.717, 1.165) is 0 Å². The zero-order valence-corrected chi connectivity index (χ0v) is 12.3. The van der Waals surface area contributed by atoms with Crippen LogP contribution < -0.4 is 0 Å². The number of carbonyl (C=O) groups is 3. The number of fused-ring (bicyclic) bond motifs is 1. The van der Waals surface area contributed by atoms with E-state index in [1.807, 2.05) is 12.2 Å². The Bertz CT molecular complexity index is 629. The SMILES string of the molecule is CCOC(=O)[C@H]1CC=C[C@@H](N2C(=O)c3ccccc3C2=O)C1. The summed E-state index contributed by atoms with van der Waals surface area (Å²) >= 11 is 0. The molecule has 3 rings (SSSR count). The molecule has 0 saturated heterocycles. The topological polar surface area (TPSA) is 63.7 Å². The minimum Gasteiger partial charge on any atom is -0.466 e. The first-order chi connectivity index (χ1) is 10.6. The van der Waals surface area contributed by atoms with Gasteiger partial charge in [0.15, 0.2) is 0 Å². The number of allylic oxidation sites excluding steroid dienone is 1. The van der Waals surface area contributed by atoms with Crippen molar-refractivity contribution in [2.75, 3.05) is 6.61 Å². The summed E-state index contributed by atoms with van der Waals surface area (Å²) in [6, 6.07) is 6.41. The van der Waals surface area contributed by atoms with Crippen LogP contribution in [0.4, 0.5) is 0 Å². The molecule has 0 unspecified atom stereocenters. The van der Waals surface area contributed by atoms with Gasteiger partial charge in [-0.1, -0.05) is 24.3 Å². The summed E-state index contributed by atoms with van der Waals surface area (Å²) in [5.41, 5.74) is 0.860. The molecule has 114 valence electrons. The van der Waals surface area contributed by atoms with Gasteiger partial charge in [-0.05, 0) is 31.9 Å². The summed E-state index contributed by atoms with van der Waals surface area (Å²) in [7, 11) is 0. The highest BCUT2D eigenvalue weighted by Crippen LogP contribution is 2.30. The fourth-order valence-electron chi connectivity index (χ4n) is 3.02. The molecule has 0 fully saturated rings. The van der Waals surface area contributed by atoms with E-state index in [1.165, 1.54) is 4.90 Å². The first-order valence-electron chi connectivity index (χ1n) is 7.43. The Morgan fingerprint density at radius 1 is 1.23 bits per heavy atom. The summed E-state index contributed by atoms with van der Waals surface area (Å²) in [4.78, 5) is 38.1. The second-order valence-electron chi connectivity index (χ2n) is 5.44. The van der Waals surface area contributed by atoms with Crippen molar-refractivity contribution in [2.24, 2.45) is 5.92 Å². The third kappa shape index (κ3) is 2.32. The van der Waals surface area contributed by atoms with Crippen LogP contribution in [-0.2, 0) is 9.53 Å². The minimum atomic E-state index is -0.393. The minimum absolute atomic E-state index is 0.270. The third-order valence-electron chi connectivity index (χ3n) is 4.08. The molecule has 2 aliphatic rings. The van der Waals surface area contributed by atoms with Crippen molar-refractivity contribution in [3.05, 3.63) is 47.5 Å². The van der Waals surface area contributed by atoms with Gasteiger partial charge in [0, 0.05) is 0 Å². The quantitative estimate of drug-likeness (QED) is 0.487. The second-order valence-corrected chi connectivity index (χ2v) is 5.44. The molecule has 0 N–H and O–H groups in total. The summed E-state index contributed by atoms with van der Waals surface area (Å²) in [5.74, 6) is -1.16. The Kier molecular flexibility index (Phi) is 3.79. The largest absolute Gasteiger partial charge is 0.466 e. The number of rotatable bonds is 3. The number of benzene rings is 1. The van der Waals surface area contributed by atoms with Gasteiger partial charge in [-0.25, -0.2) is 0 Å². The molecule has 22 heavy (non-hydrogen) atoms. The van der Waals surface area contributed by atoms with Crippen molar-refractivity contribution >= 4 is 17.8 Å². The molecule has 1 aromatic carbocycles. The molecule has 5 heteroatoms. The number of hydrogen-bond acceptors (Lipinski definition) is 4. The fraction of sp³-hybridized carbons (Fsp3) is 0.353. The molecule has 5 nitrogen and oxygen atoms in total. The van der Waals surface area contributed by atoms with Crippen molar-refractivity contribution in [3.8, 4) is 0 Å². The number of imide groups is 1. The smallest absolute Gasteiger partial charge is 0.309 e. The average molecular weight is 299 g/mol. The zero-order valence-electron chi connectivity index (χ0n) is 12.3. The molecular weight excluding hydrogens is 282 g/mol. The molecule has 1 aliphatic heterocycles. The second kappa shape index (κ2) is 5.75. The monoisotopic (exact) mass is 299 g/mol. The van der Waals surface area contributed by atoms with Gasteiger partial charge in [-0.15, -0.1) is 0 Å². The third-order valence-corrected chi connectivity index (χ3v) is 4.08. The van der Waals surface area contributed by atoms with Crippen molar-refractivity contribution in [3.63, 3.8) is 0 Å². The van der Waals surface area contributed by atoms with Crippen LogP contribution in [0.5, 0.6) is 0 Å². The van der Waals surface area contributed by atoms with E-state index in [-0.39, 0.29) is 23.7 Å². The van der Waals surface area contributed by atoms with Crippen LogP contribution in [0.2, 0.25) is 0 Å². The van der Waals surface area contributed by atoms with Gasteiger partial charge in [0.05, 0.1) is 29.7 Å². The normalized spacial score (nSPS) is 23.6. The van der Waals surface area contributed by atoms with E-state index in [2.05, 4.69) is 0 Å². The molecule has 1 aromatic rings. The lowest BCUT2D eigenvalue weighted by atomic mass is 9.90. The molecule has 0 radical (unpaired) electrons. The van der Waals surface area contributed by atoms with E-state index in [0.29, 0.717) is 30.6 Å². The molecule has 0 spiro atoms. The summed E-state index contributed by atoms with van der Waals surface area (Å²) in [6.07, 6.45) is 4.68. The van der Waals surface area contributed by atoms with Crippen LogP contribution in [0, 0.1) is 5.92 Å². The van der Waals surface area contributed by atoms with Gasteiger partial charge in [0.1, 0.15) is 0 Å². The highest BCUT2D eigenvalue weighted by atomic mass is 16.5. The van der Waals surface area contributed by atoms with Crippen LogP contribution in [0.3, 0.4) is 0 Å². The number of carbonyl (C=O) groups excluding carboxylic acids is 3. The Morgan fingerprint density at radius 2 is 1.86 bits per heavy atom. The van der Waals surface area contributed by atoms with E-state index >= 15 is 0 Å². The van der Waals surface area contributed by atoms with Crippen molar-refractivity contribution < 1.29 is 19.1 Å². The first-order valence-corrected chi connectivity index (χ1v) is 7.43. The fourth-order valence-corrected chi connectivity index (χ4v) is 3.02. The average Bonchev–Trinajstić information content (AvgIpc) is 2.80. The number of amides is 2. The van der Waals surface area contributed by atoms with Gasteiger partial charge >= 0.3 is 5.97 Å². The highest BCUT2D eigenvalue weighted by Gasteiger charge is 2.41. The van der Waals surface area contributed by atoms with Gasteiger partial charge in [0.2, 0.25) is 0 Å². The summed E-state index contributed by atoms with van der Waals surface area (Å²) in [5, 5.41) is 0.